The molecule has 2 heterocycles. The third-order valence-electron chi connectivity index (χ3n) is 3.77. The summed E-state index contributed by atoms with van der Waals surface area (Å²) < 4.78 is 0. The van der Waals surface area contributed by atoms with Crippen molar-refractivity contribution in [1.82, 2.24) is 15.5 Å². The summed E-state index contributed by atoms with van der Waals surface area (Å²) in [6, 6.07) is 4.28. The average Bonchev–Trinajstić information content (AvgIpc) is 2.98. The van der Waals surface area contributed by atoms with Crippen molar-refractivity contribution in [1.29, 1.82) is 0 Å². The molecule has 3 amide bonds. The van der Waals surface area contributed by atoms with Crippen molar-refractivity contribution < 1.29 is 9.59 Å². The normalized spacial score (nSPS) is 15.9. The molecular weight excluding hydrogens is 298 g/mol. The molecular formula is C16H25N3O2S. The van der Waals surface area contributed by atoms with Crippen molar-refractivity contribution in [3.63, 3.8) is 0 Å². The molecule has 122 valence electrons. The lowest BCUT2D eigenvalue weighted by atomic mass is 10.0. The van der Waals surface area contributed by atoms with E-state index in [1.807, 2.05) is 30.2 Å². The number of likely N-dealkylation sites (tertiary alicyclic amines) is 1. The van der Waals surface area contributed by atoms with Crippen LogP contribution in [0, 0.1) is 0 Å². The molecule has 1 aromatic heterocycles. The molecule has 1 aromatic rings. The van der Waals surface area contributed by atoms with Crippen molar-refractivity contribution >= 4 is 23.3 Å². The molecule has 6 heteroatoms. The summed E-state index contributed by atoms with van der Waals surface area (Å²) in [4.78, 5) is 27.1. The molecule has 1 saturated heterocycles. The highest BCUT2D eigenvalue weighted by Crippen LogP contribution is 2.15. The topological polar surface area (TPSA) is 61.4 Å². The smallest absolute Gasteiger partial charge is 0.315 e. The van der Waals surface area contributed by atoms with Crippen molar-refractivity contribution in [3.05, 3.63) is 22.4 Å². The monoisotopic (exact) mass is 323 g/mol. The van der Waals surface area contributed by atoms with E-state index in [4.69, 9.17) is 0 Å². The molecule has 0 atom stereocenters. The summed E-state index contributed by atoms with van der Waals surface area (Å²) in [5.41, 5.74) is 0. The van der Waals surface area contributed by atoms with Crippen LogP contribution >= 0.6 is 11.3 Å². The number of piperidine rings is 1. The third-order valence-corrected chi connectivity index (χ3v) is 4.70. The van der Waals surface area contributed by atoms with Crippen LogP contribution in [0.15, 0.2) is 17.5 Å². The van der Waals surface area contributed by atoms with Gasteiger partial charge in [-0.1, -0.05) is 6.07 Å². The van der Waals surface area contributed by atoms with E-state index in [2.05, 4.69) is 16.7 Å². The van der Waals surface area contributed by atoms with Gasteiger partial charge in [0.25, 0.3) is 0 Å². The molecule has 0 radical (unpaired) electrons. The van der Waals surface area contributed by atoms with E-state index < -0.39 is 0 Å². The largest absolute Gasteiger partial charge is 0.343 e. The van der Waals surface area contributed by atoms with Crippen LogP contribution in [-0.2, 0) is 11.2 Å². The van der Waals surface area contributed by atoms with Crippen molar-refractivity contribution in [2.75, 3.05) is 13.1 Å². The Bertz CT molecular complexity index is 480. The number of nitrogens with one attached hydrogen (secondary N) is 2. The highest BCUT2D eigenvalue weighted by molar-refractivity contribution is 7.09. The van der Waals surface area contributed by atoms with E-state index in [0.717, 1.165) is 32.4 Å². The van der Waals surface area contributed by atoms with Gasteiger partial charge in [-0.05, 0) is 44.6 Å². The zero-order valence-electron chi connectivity index (χ0n) is 13.3. The van der Waals surface area contributed by atoms with E-state index in [0.29, 0.717) is 6.42 Å². The lowest BCUT2D eigenvalue weighted by molar-refractivity contribution is -0.132. The molecule has 0 aliphatic carbocycles. The SMILES string of the molecule is CC(C)NC(=O)NC1CCN(C(=O)CCc2cccs2)CC1. The number of amides is 3. The molecule has 2 rings (SSSR count). The first-order valence-corrected chi connectivity index (χ1v) is 8.79. The first-order chi connectivity index (χ1) is 10.5. The number of aryl methyl sites for hydroxylation is 1. The van der Waals surface area contributed by atoms with E-state index in [1.54, 1.807) is 11.3 Å². The summed E-state index contributed by atoms with van der Waals surface area (Å²) in [7, 11) is 0. The van der Waals surface area contributed by atoms with E-state index >= 15 is 0 Å². The minimum Gasteiger partial charge on any atom is -0.343 e. The molecule has 0 saturated carbocycles. The lowest BCUT2D eigenvalue weighted by Gasteiger charge is -2.32. The van der Waals surface area contributed by atoms with Crippen LogP contribution in [0.25, 0.3) is 0 Å². The van der Waals surface area contributed by atoms with Crippen LogP contribution in [0.1, 0.15) is 38.0 Å². The van der Waals surface area contributed by atoms with Gasteiger partial charge in [0, 0.05) is 36.5 Å². The van der Waals surface area contributed by atoms with Crippen molar-refractivity contribution in [2.45, 2.75) is 51.6 Å². The summed E-state index contributed by atoms with van der Waals surface area (Å²) in [5.74, 6) is 0.221. The molecule has 0 spiro atoms. The quantitative estimate of drug-likeness (QED) is 0.874. The van der Waals surface area contributed by atoms with Gasteiger partial charge in [-0.25, -0.2) is 4.79 Å². The van der Waals surface area contributed by atoms with Crippen molar-refractivity contribution in [2.24, 2.45) is 0 Å². The highest BCUT2D eigenvalue weighted by atomic mass is 32.1. The molecule has 1 fully saturated rings. The fourth-order valence-corrected chi connectivity index (χ4v) is 3.31. The molecule has 0 unspecified atom stereocenters. The number of carbonyl (C=O) groups excluding carboxylic acids is 2. The summed E-state index contributed by atoms with van der Waals surface area (Å²) in [6.45, 7) is 5.34. The molecule has 1 aliphatic heterocycles. The van der Waals surface area contributed by atoms with Crippen LogP contribution < -0.4 is 10.6 Å². The number of hydrogen-bond donors (Lipinski definition) is 2. The second kappa shape index (κ2) is 8.17. The van der Waals surface area contributed by atoms with E-state index in [1.165, 1.54) is 4.88 Å². The maximum atomic E-state index is 12.2. The van der Waals surface area contributed by atoms with Crippen LogP contribution in [0.4, 0.5) is 4.79 Å². The summed E-state index contributed by atoms with van der Waals surface area (Å²) in [5, 5.41) is 7.85. The fourth-order valence-electron chi connectivity index (χ4n) is 2.61. The first kappa shape index (κ1) is 16.8. The minimum absolute atomic E-state index is 0.113. The summed E-state index contributed by atoms with van der Waals surface area (Å²) >= 11 is 1.70. The maximum Gasteiger partial charge on any atom is 0.315 e. The standard InChI is InChI=1S/C16H25N3O2S/c1-12(2)17-16(21)18-13-7-9-19(10-8-13)15(20)6-5-14-4-3-11-22-14/h3-4,11-13H,5-10H2,1-2H3,(H2,17,18,21). The van der Waals surface area contributed by atoms with E-state index in [9.17, 15) is 9.59 Å². The van der Waals surface area contributed by atoms with Crippen molar-refractivity contribution in [3.8, 4) is 0 Å². The van der Waals surface area contributed by atoms with Gasteiger partial charge in [-0.2, -0.15) is 0 Å². The first-order valence-electron chi connectivity index (χ1n) is 7.92. The average molecular weight is 323 g/mol. The van der Waals surface area contributed by atoms with Gasteiger partial charge in [0.2, 0.25) is 5.91 Å². The Balaban J connectivity index is 1.67. The predicted molar refractivity (Wildman–Crippen MR) is 89.0 cm³/mol. The number of hydrogen-bond acceptors (Lipinski definition) is 3. The van der Waals surface area contributed by atoms with Gasteiger partial charge in [-0.3, -0.25) is 4.79 Å². The molecule has 0 aromatic carbocycles. The Kier molecular flexibility index (Phi) is 6.24. The zero-order valence-corrected chi connectivity index (χ0v) is 14.1. The van der Waals surface area contributed by atoms with Gasteiger partial charge in [0.05, 0.1) is 0 Å². The number of urea groups is 1. The zero-order chi connectivity index (χ0) is 15.9. The lowest BCUT2D eigenvalue weighted by Crippen LogP contribution is -2.50. The Morgan fingerprint density at radius 1 is 1.36 bits per heavy atom. The number of thiophene rings is 1. The van der Waals surface area contributed by atoms with Gasteiger partial charge in [0.1, 0.15) is 0 Å². The third kappa shape index (κ3) is 5.33. The van der Waals surface area contributed by atoms with Crippen LogP contribution in [0.3, 0.4) is 0 Å². The highest BCUT2D eigenvalue weighted by Gasteiger charge is 2.23. The molecule has 1 aliphatic rings. The van der Waals surface area contributed by atoms with Crippen LogP contribution in [-0.4, -0.2) is 42.0 Å². The molecule has 0 bridgehead atoms. The number of nitrogens with zero attached hydrogens (tertiary/aromatic N) is 1. The Hall–Kier alpha value is -1.56. The fraction of sp³-hybridized carbons (Fsp3) is 0.625. The molecule has 5 nitrogen and oxygen atoms in total. The maximum absolute atomic E-state index is 12.2. The van der Waals surface area contributed by atoms with Gasteiger partial charge in [0.15, 0.2) is 0 Å². The van der Waals surface area contributed by atoms with Crippen LogP contribution in [0.5, 0.6) is 0 Å². The summed E-state index contributed by atoms with van der Waals surface area (Å²) in [6.07, 6.45) is 3.06. The Morgan fingerprint density at radius 2 is 2.09 bits per heavy atom. The second-order valence-electron chi connectivity index (χ2n) is 6.01. The number of carbonyl (C=O) groups is 2. The van der Waals surface area contributed by atoms with Gasteiger partial charge < -0.3 is 15.5 Å². The molecule has 2 N–H and O–H groups in total. The Labute approximate surface area is 136 Å². The molecule has 22 heavy (non-hydrogen) atoms. The van der Waals surface area contributed by atoms with Gasteiger partial charge in [-0.15, -0.1) is 11.3 Å². The Morgan fingerprint density at radius 3 is 2.68 bits per heavy atom. The predicted octanol–water partition coefficient (Wildman–Crippen LogP) is 2.38. The second-order valence-corrected chi connectivity index (χ2v) is 7.04. The van der Waals surface area contributed by atoms with E-state index in [-0.39, 0.29) is 24.0 Å². The van der Waals surface area contributed by atoms with Gasteiger partial charge >= 0.3 is 6.03 Å². The number of rotatable bonds is 5. The van der Waals surface area contributed by atoms with Crippen LogP contribution in [0.2, 0.25) is 0 Å². The minimum atomic E-state index is -0.113.